The molecule has 1 fully saturated rings. The van der Waals surface area contributed by atoms with Crippen LogP contribution in [0.4, 0.5) is 0 Å². The van der Waals surface area contributed by atoms with E-state index in [1.54, 1.807) is 0 Å². The number of benzene rings is 1. The molecule has 1 aromatic carbocycles. The topological polar surface area (TPSA) is 49.4 Å². The summed E-state index contributed by atoms with van der Waals surface area (Å²) in [5.41, 5.74) is 0. The minimum atomic E-state index is -3.55. The van der Waals surface area contributed by atoms with Gasteiger partial charge >= 0.3 is 0 Å². The molecule has 1 aliphatic rings. The highest BCUT2D eigenvalue weighted by molar-refractivity contribution is 7.89. The first kappa shape index (κ1) is 15.1. The minimum Gasteiger partial charge on any atom is -0.309 e. The predicted molar refractivity (Wildman–Crippen MR) is 77.3 cm³/mol. The maximum absolute atomic E-state index is 12.6. The van der Waals surface area contributed by atoms with E-state index in [0.717, 1.165) is 0 Å². The fourth-order valence-electron chi connectivity index (χ4n) is 2.30. The van der Waals surface area contributed by atoms with Gasteiger partial charge in [0.05, 0.1) is 4.90 Å². The van der Waals surface area contributed by atoms with Crippen molar-refractivity contribution in [3.63, 3.8) is 0 Å². The lowest BCUT2D eigenvalue weighted by molar-refractivity contribution is 0.263. The second-order valence-electron chi connectivity index (χ2n) is 4.90. The summed E-state index contributed by atoms with van der Waals surface area (Å²) in [5.74, 6) is 0. The second-order valence-corrected chi connectivity index (χ2v) is 7.71. The Morgan fingerprint density at radius 3 is 2.05 bits per heavy atom. The van der Waals surface area contributed by atoms with E-state index in [9.17, 15) is 8.42 Å². The second kappa shape index (κ2) is 5.58. The van der Waals surface area contributed by atoms with E-state index in [1.807, 2.05) is 13.8 Å². The Kier molecular flexibility index (Phi) is 4.42. The predicted octanol–water partition coefficient (Wildman–Crippen LogP) is 2.36. The number of sulfonamides is 1. The molecule has 1 saturated heterocycles. The van der Waals surface area contributed by atoms with Crippen LogP contribution in [0.1, 0.15) is 13.8 Å². The zero-order chi connectivity index (χ0) is 14.2. The van der Waals surface area contributed by atoms with Gasteiger partial charge < -0.3 is 5.32 Å². The van der Waals surface area contributed by atoms with Crippen LogP contribution < -0.4 is 5.32 Å². The normalized spacial score (nSPS) is 25.5. The van der Waals surface area contributed by atoms with Crippen molar-refractivity contribution >= 4 is 33.2 Å². The molecule has 1 aromatic rings. The van der Waals surface area contributed by atoms with Crippen LogP contribution in [0, 0.1) is 0 Å². The van der Waals surface area contributed by atoms with Gasteiger partial charge in [-0.3, -0.25) is 0 Å². The third kappa shape index (κ3) is 3.41. The van der Waals surface area contributed by atoms with Gasteiger partial charge in [0.15, 0.2) is 0 Å². The molecule has 0 aromatic heterocycles. The van der Waals surface area contributed by atoms with E-state index >= 15 is 0 Å². The summed E-state index contributed by atoms with van der Waals surface area (Å²) < 4.78 is 26.6. The molecule has 0 aliphatic carbocycles. The van der Waals surface area contributed by atoms with Crippen LogP contribution >= 0.6 is 23.2 Å². The molecule has 0 bridgehead atoms. The fourth-order valence-corrected chi connectivity index (χ4v) is 4.64. The molecule has 2 rings (SSSR count). The number of nitrogens with zero attached hydrogens (tertiary/aromatic N) is 1. The van der Waals surface area contributed by atoms with Crippen LogP contribution in [0.25, 0.3) is 0 Å². The number of hydrogen-bond donors (Lipinski definition) is 1. The lowest BCUT2D eigenvalue weighted by Crippen LogP contribution is -2.55. The van der Waals surface area contributed by atoms with E-state index in [4.69, 9.17) is 23.2 Å². The van der Waals surface area contributed by atoms with Crippen LogP contribution in [-0.2, 0) is 10.0 Å². The molecule has 1 aliphatic heterocycles. The molecule has 0 saturated carbocycles. The highest BCUT2D eigenvalue weighted by atomic mass is 35.5. The van der Waals surface area contributed by atoms with Crippen LogP contribution in [-0.4, -0.2) is 37.9 Å². The van der Waals surface area contributed by atoms with Crippen molar-refractivity contribution in [2.45, 2.75) is 30.8 Å². The van der Waals surface area contributed by atoms with E-state index < -0.39 is 10.0 Å². The van der Waals surface area contributed by atoms with Gasteiger partial charge in [0, 0.05) is 35.2 Å². The molecule has 106 valence electrons. The Bertz CT molecular complexity index is 547. The number of piperazine rings is 1. The van der Waals surface area contributed by atoms with Crippen LogP contribution in [0.2, 0.25) is 10.0 Å². The van der Waals surface area contributed by atoms with Crippen molar-refractivity contribution < 1.29 is 8.42 Å². The Labute approximate surface area is 123 Å². The van der Waals surface area contributed by atoms with Gasteiger partial charge in [-0.1, -0.05) is 23.2 Å². The third-order valence-corrected chi connectivity index (χ3v) is 5.24. The van der Waals surface area contributed by atoms with Crippen LogP contribution in [0.3, 0.4) is 0 Å². The first-order valence-corrected chi connectivity index (χ1v) is 8.21. The van der Waals surface area contributed by atoms with E-state index in [2.05, 4.69) is 5.32 Å². The van der Waals surface area contributed by atoms with Crippen molar-refractivity contribution in [3.8, 4) is 0 Å². The SMILES string of the molecule is CC1CN(S(=O)(=O)c2cc(Cl)cc(Cl)c2)CC(C)N1. The van der Waals surface area contributed by atoms with Crippen molar-refractivity contribution in [1.29, 1.82) is 0 Å². The molecule has 7 heteroatoms. The molecule has 0 amide bonds. The molecule has 4 nitrogen and oxygen atoms in total. The van der Waals surface area contributed by atoms with Crippen molar-refractivity contribution in [2.24, 2.45) is 0 Å². The quantitative estimate of drug-likeness (QED) is 0.909. The minimum absolute atomic E-state index is 0.119. The first-order chi connectivity index (χ1) is 8.79. The summed E-state index contributed by atoms with van der Waals surface area (Å²) in [5, 5.41) is 3.94. The molecule has 19 heavy (non-hydrogen) atoms. The number of halogens is 2. The highest BCUT2D eigenvalue weighted by Gasteiger charge is 2.31. The molecule has 0 radical (unpaired) electrons. The van der Waals surface area contributed by atoms with Crippen molar-refractivity contribution in [2.75, 3.05) is 13.1 Å². The Balaban J connectivity index is 2.36. The van der Waals surface area contributed by atoms with Gasteiger partial charge in [-0.2, -0.15) is 4.31 Å². The zero-order valence-corrected chi connectivity index (χ0v) is 13.1. The standard InChI is InChI=1S/C12H16Cl2N2O2S/c1-8-6-16(7-9(2)15-8)19(17,18)12-4-10(13)3-11(14)5-12/h3-5,8-9,15H,6-7H2,1-2H3. The summed E-state index contributed by atoms with van der Waals surface area (Å²) in [6, 6.07) is 4.62. The molecule has 2 atom stereocenters. The Hall–Kier alpha value is -0.330. The van der Waals surface area contributed by atoms with Gasteiger partial charge in [-0.25, -0.2) is 8.42 Å². The average Bonchev–Trinajstić information content (AvgIpc) is 2.26. The third-order valence-electron chi connectivity index (χ3n) is 3.00. The van der Waals surface area contributed by atoms with Crippen LogP contribution in [0.5, 0.6) is 0 Å². The lowest BCUT2D eigenvalue weighted by atomic mass is 10.2. The molecule has 0 spiro atoms. The Morgan fingerprint density at radius 1 is 1.11 bits per heavy atom. The molecule has 1 heterocycles. The number of rotatable bonds is 2. The van der Waals surface area contributed by atoms with E-state index in [0.29, 0.717) is 23.1 Å². The van der Waals surface area contributed by atoms with Gasteiger partial charge in [-0.15, -0.1) is 0 Å². The largest absolute Gasteiger partial charge is 0.309 e. The number of nitrogens with one attached hydrogen (secondary N) is 1. The summed E-state index contributed by atoms with van der Waals surface area (Å²) in [4.78, 5) is 0.145. The summed E-state index contributed by atoms with van der Waals surface area (Å²) in [7, 11) is -3.55. The summed E-state index contributed by atoms with van der Waals surface area (Å²) >= 11 is 11.7. The van der Waals surface area contributed by atoms with E-state index in [-0.39, 0.29) is 17.0 Å². The van der Waals surface area contributed by atoms with Gasteiger partial charge in [-0.05, 0) is 32.0 Å². The maximum atomic E-state index is 12.6. The summed E-state index contributed by atoms with van der Waals surface area (Å²) in [6.45, 7) is 4.81. The zero-order valence-electron chi connectivity index (χ0n) is 10.7. The van der Waals surface area contributed by atoms with Gasteiger partial charge in [0.1, 0.15) is 0 Å². The Morgan fingerprint density at radius 2 is 1.58 bits per heavy atom. The lowest BCUT2D eigenvalue weighted by Gasteiger charge is -2.35. The molecular formula is C12H16Cl2N2O2S. The highest BCUT2D eigenvalue weighted by Crippen LogP contribution is 2.25. The van der Waals surface area contributed by atoms with Crippen molar-refractivity contribution in [3.05, 3.63) is 28.2 Å². The monoisotopic (exact) mass is 322 g/mol. The van der Waals surface area contributed by atoms with Crippen LogP contribution in [0.15, 0.2) is 23.1 Å². The maximum Gasteiger partial charge on any atom is 0.243 e. The van der Waals surface area contributed by atoms with Gasteiger partial charge in [0.2, 0.25) is 10.0 Å². The fraction of sp³-hybridized carbons (Fsp3) is 0.500. The summed E-state index contributed by atoms with van der Waals surface area (Å²) in [6.07, 6.45) is 0. The van der Waals surface area contributed by atoms with Gasteiger partial charge in [0.25, 0.3) is 0 Å². The molecule has 2 unspecified atom stereocenters. The first-order valence-electron chi connectivity index (χ1n) is 6.01. The molecule has 1 N–H and O–H groups in total. The smallest absolute Gasteiger partial charge is 0.243 e. The van der Waals surface area contributed by atoms with E-state index in [1.165, 1.54) is 22.5 Å². The average molecular weight is 323 g/mol. The number of hydrogen-bond acceptors (Lipinski definition) is 3. The van der Waals surface area contributed by atoms with Crippen molar-refractivity contribution in [1.82, 2.24) is 9.62 Å². The molecular weight excluding hydrogens is 307 g/mol.